The number of nitrogens with one attached hydrogen (secondary N) is 1. The molecular weight excluding hydrogens is 345 g/mol. The van der Waals surface area contributed by atoms with Crippen molar-refractivity contribution in [2.24, 2.45) is 0 Å². The predicted octanol–water partition coefficient (Wildman–Crippen LogP) is 1.40. The molecule has 0 aliphatic carbocycles. The summed E-state index contributed by atoms with van der Waals surface area (Å²) in [7, 11) is 1.69. The summed E-state index contributed by atoms with van der Waals surface area (Å²) < 4.78 is 36.7. The number of ether oxygens (including phenoxy) is 1. The minimum Gasteiger partial charge on any atom is -0.475 e. The first-order valence-corrected chi connectivity index (χ1v) is 6.96. The van der Waals surface area contributed by atoms with Crippen LogP contribution in [0.15, 0.2) is 0 Å². The van der Waals surface area contributed by atoms with Crippen molar-refractivity contribution in [2.45, 2.75) is 25.4 Å². The monoisotopic (exact) mass is 362 g/mol. The number of aromatic nitrogens is 4. The van der Waals surface area contributed by atoms with E-state index in [4.69, 9.17) is 26.1 Å². The molecule has 0 aliphatic heterocycles. The summed E-state index contributed by atoms with van der Waals surface area (Å²) >= 11 is 0. The summed E-state index contributed by atoms with van der Waals surface area (Å²) in [5, 5.41) is 7.12. The van der Waals surface area contributed by atoms with Crippen LogP contribution < -0.4 is 11.5 Å². The number of aliphatic carboxylic acids is 1. The first kappa shape index (κ1) is 20.4. The zero-order chi connectivity index (χ0) is 19.0. The zero-order valence-corrected chi connectivity index (χ0v) is 13.2. The molecule has 138 valence electrons. The molecule has 0 saturated carbocycles. The Hall–Kier alpha value is -2.63. The number of anilines is 2. The SMILES string of the molecule is COCCCC[C]c1nc2c(N)nc(N)nc2[nH]1.O=C(O)C(F)(F)F. The molecular formula is C13H17F3N6O3. The molecule has 0 aromatic carbocycles. The second-order valence-corrected chi connectivity index (χ2v) is 4.68. The summed E-state index contributed by atoms with van der Waals surface area (Å²) in [5.41, 5.74) is 12.3. The van der Waals surface area contributed by atoms with Crippen molar-refractivity contribution in [1.29, 1.82) is 0 Å². The van der Waals surface area contributed by atoms with Gasteiger partial charge in [0.25, 0.3) is 0 Å². The standard InChI is InChI=1S/C11H16N6O.C2HF3O2/c1-18-6-4-2-3-5-7-14-8-9(12)16-11(13)17-10(8)15-7;3-2(4,5)1(6)7/h2-4,6H2,1H3,(H5,12,13,14,15,16,17);(H,6,7). The predicted molar refractivity (Wildman–Crippen MR) is 82.3 cm³/mol. The number of hydrogen-bond donors (Lipinski definition) is 4. The number of carbonyl (C=O) groups is 1. The van der Waals surface area contributed by atoms with E-state index in [0.717, 1.165) is 25.9 Å². The Morgan fingerprint density at radius 1 is 1.28 bits per heavy atom. The van der Waals surface area contributed by atoms with Crippen molar-refractivity contribution < 1.29 is 27.8 Å². The van der Waals surface area contributed by atoms with Crippen molar-refractivity contribution in [3.63, 3.8) is 0 Å². The highest BCUT2D eigenvalue weighted by Crippen LogP contribution is 2.17. The van der Waals surface area contributed by atoms with Crippen LogP contribution in [0.3, 0.4) is 0 Å². The van der Waals surface area contributed by atoms with Crippen molar-refractivity contribution in [3.05, 3.63) is 12.2 Å². The van der Waals surface area contributed by atoms with E-state index in [1.54, 1.807) is 7.11 Å². The fourth-order valence-electron chi connectivity index (χ4n) is 1.60. The van der Waals surface area contributed by atoms with E-state index >= 15 is 0 Å². The van der Waals surface area contributed by atoms with Crippen LogP contribution in [0, 0.1) is 6.42 Å². The zero-order valence-electron chi connectivity index (χ0n) is 13.2. The number of methoxy groups -OCH3 is 1. The number of alkyl halides is 3. The molecule has 12 heteroatoms. The third-order valence-electron chi connectivity index (χ3n) is 2.70. The quantitative estimate of drug-likeness (QED) is 0.562. The van der Waals surface area contributed by atoms with Gasteiger partial charge in [-0.1, -0.05) is 6.42 Å². The van der Waals surface area contributed by atoms with Gasteiger partial charge in [0.15, 0.2) is 17.0 Å². The molecule has 2 radical (unpaired) electrons. The highest BCUT2D eigenvalue weighted by Gasteiger charge is 2.38. The Balaban J connectivity index is 0.000000381. The van der Waals surface area contributed by atoms with Gasteiger partial charge in [-0.2, -0.15) is 23.1 Å². The van der Waals surface area contributed by atoms with Gasteiger partial charge in [-0.15, -0.1) is 0 Å². The van der Waals surface area contributed by atoms with Crippen LogP contribution in [0.5, 0.6) is 0 Å². The van der Waals surface area contributed by atoms with E-state index in [9.17, 15) is 13.2 Å². The molecule has 25 heavy (non-hydrogen) atoms. The number of fused-ring (bicyclic) bond motifs is 1. The Bertz CT molecular complexity index is 704. The Labute approximate surface area is 140 Å². The first-order valence-electron chi connectivity index (χ1n) is 6.96. The molecule has 2 rings (SSSR count). The van der Waals surface area contributed by atoms with Crippen molar-refractivity contribution >= 4 is 28.9 Å². The second kappa shape index (κ2) is 9.01. The number of hydrogen-bond acceptors (Lipinski definition) is 7. The van der Waals surface area contributed by atoms with Crippen molar-refractivity contribution in [3.8, 4) is 0 Å². The smallest absolute Gasteiger partial charge is 0.475 e. The third kappa shape index (κ3) is 6.79. The lowest BCUT2D eigenvalue weighted by Crippen LogP contribution is -2.21. The number of imidazole rings is 1. The van der Waals surface area contributed by atoms with Gasteiger partial charge in [0.2, 0.25) is 5.95 Å². The lowest BCUT2D eigenvalue weighted by molar-refractivity contribution is -0.192. The molecule has 0 fully saturated rings. The van der Waals surface area contributed by atoms with Gasteiger partial charge in [-0.3, -0.25) is 0 Å². The average Bonchev–Trinajstić information content (AvgIpc) is 2.90. The van der Waals surface area contributed by atoms with E-state index in [1.165, 1.54) is 0 Å². The van der Waals surface area contributed by atoms with Gasteiger partial charge in [0.05, 0.1) is 6.42 Å². The number of nitrogen functional groups attached to an aromatic ring is 2. The first-order chi connectivity index (χ1) is 11.6. The topological polar surface area (TPSA) is 153 Å². The number of nitrogens with two attached hydrogens (primary N) is 2. The number of aromatic amines is 1. The minimum absolute atomic E-state index is 0.135. The van der Waals surface area contributed by atoms with Crippen LogP contribution in [0.25, 0.3) is 11.2 Å². The Morgan fingerprint density at radius 2 is 1.92 bits per heavy atom. The van der Waals surface area contributed by atoms with E-state index in [2.05, 4.69) is 26.4 Å². The van der Waals surface area contributed by atoms with Crippen LogP contribution in [0.1, 0.15) is 25.1 Å². The van der Waals surface area contributed by atoms with Crippen LogP contribution in [-0.2, 0) is 9.53 Å². The fraction of sp³-hybridized carbons (Fsp3) is 0.462. The summed E-state index contributed by atoms with van der Waals surface area (Å²) in [6.45, 7) is 0.761. The van der Waals surface area contributed by atoms with Crippen molar-refractivity contribution in [1.82, 2.24) is 19.9 Å². The average molecular weight is 362 g/mol. The molecule has 0 spiro atoms. The van der Waals surface area contributed by atoms with Crippen molar-refractivity contribution in [2.75, 3.05) is 25.2 Å². The summed E-state index contributed by atoms with van der Waals surface area (Å²) in [6, 6.07) is 0. The number of carboxylic acid groups (broad SMARTS) is 1. The van der Waals surface area contributed by atoms with Gasteiger partial charge < -0.3 is 26.3 Å². The van der Waals surface area contributed by atoms with Crippen LogP contribution in [-0.4, -0.2) is 50.9 Å². The molecule has 0 atom stereocenters. The van der Waals surface area contributed by atoms with E-state index in [-0.39, 0.29) is 11.8 Å². The van der Waals surface area contributed by atoms with Crippen LogP contribution in [0.4, 0.5) is 24.9 Å². The minimum atomic E-state index is -5.08. The maximum Gasteiger partial charge on any atom is 0.490 e. The molecule has 0 unspecified atom stereocenters. The Morgan fingerprint density at radius 3 is 2.48 bits per heavy atom. The second-order valence-electron chi connectivity index (χ2n) is 4.68. The van der Waals surface area contributed by atoms with Gasteiger partial charge >= 0.3 is 12.1 Å². The van der Waals surface area contributed by atoms with E-state index < -0.39 is 12.1 Å². The number of halogens is 3. The fourth-order valence-corrected chi connectivity index (χ4v) is 1.60. The Kier molecular flexibility index (Phi) is 7.36. The molecule has 2 heterocycles. The molecule has 2 aromatic rings. The highest BCUT2D eigenvalue weighted by molar-refractivity contribution is 5.82. The molecule has 0 amide bonds. The molecule has 0 bridgehead atoms. The van der Waals surface area contributed by atoms with Gasteiger partial charge in [-0.05, 0) is 12.8 Å². The lowest BCUT2D eigenvalue weighted by Gasteiger charge is -1.97. The lowest BCUT2D eigenvalue weighted by atomic mass is 10.2. The summed E-state index contributed by atoms with van der Waals surface area (Å²) in [4.78, 5) is 24.0. The maximum atomic E-state index is 10.6. The van der Waals surface area contributed by atoms with Crippen LogP contribution in [0.2, 0.25) is 0 Å². The van der Waals surface area contributed by atoms with Gasteiger partial charge in [0, 0.05) is 13.7 Å². The summed E-state index contributed by atoms with van der Waals surface area (Å²) in [6.07, 6.45) is 0.860. The normalized spacial score (nSPS) is 11.2. The number of H-pyrrole nitrogens is 1. The molecule has 6 N–H and O–H groups in total. The summed E-state index contributed by atoms with van der Waals surface area (Å²) in [5.74, 6) is -1.72. The molecule has 2 aromatic heterocycles. The number of rotatable bonds is 6. The number of unbranched alkanes of at least 4 members (excludes halogenated alkanes) is 2. The molecule has 0 saturated heterocycles. The number of carboxylic acids is 1. The molecule has 0 aliphatic rings. The van der Waals surface area contributed by atoms with Gasteiger partial charge in [0.1, 0.15) is 5.82 Å². The highest BCUT2D eigenvalue weighted by atomic mass is 19.4. The molecule has 9 nitrogen and oxygen atoms in total. The largest absolute Gasteiger partial charge is 0.490 e. The van der Waals surface area contributed by atoms with E-state index in [1.807, 2.05) is 0 Å². The van der Waals surface area contributed by atoms with E-state index in [0.29, 0.717) is 17.0 Å². The number of nitrogens with zero attached hydrogens (tertiary/aromatic N) is 3. The third-order valence-corrected chi connectivity index (χ3v) is 2.70. The van der Waals surface area contributed by atoms with Gasteiger partial charge in [-0.25, -0.2) is 9.78 Å². The maximum absolute atomic E-state index is 10.6. The van der Waals surface area contributed by atoms with Crippen LogP contribution >= 0.6 is 0 Å².